The predicted octanol–water partition coefficient (Wildman–Crippen LogP) is 1.84. The highest BCUT2D eigenvalue weighted by molar-refractivity contribution is 5.86. The number of nitrogens with one attached hydrogen (secondary N) is 1. The number of carbonyl (C=O) groups is 1. The number of nitrogens with two attached hydrogens (primary N) is 1. The normalized spacial score (nSPS) is 11.9. The maximum atomic E-state index is 11.1. The molecule has 0 aromatic heterocycles. The van der Waals surface area contributed by atoms with Crippen LogP contribution in [-0.4, -0.2) is 11.9 Å². The average Bonchev–Trinajstić information content (AvgIpc) is 2.15. The number of hydrogen-bond acceptors (Lipinski definition) is 2. The fourth-order valence-electron chi connectivity index (χ4n) is 1.25. The lowest BCUT2D eigenvalue weighted by Crippen LogP contribution is -2.36. The molecule has 15 heavy (non-hydrogen) atoms. The van der Waals surface area contributed by atoms with E-state index in [1.807, 2.05) is 31.2 Å². The van der Waals surface area contributed by atoms with Gasteiger partial charge in [0.1, 0.15) is 6.04 Å². The van der Waals surface area contributed by atoms with Crippen LogP contribution in [0.25, 0.3) is 0 Å². The monoisotopic (exact) mass is 204 g/mol. The summed E-state index contributed by atoms with van der Waals surface area (Å²) < 4.78 is 0. The van der Waals surface area contributed by atoms with Crippen LogP contribution in [0.5, 0.6) is 0 Å². The summed E-state index contributed by atoms with van der Waals surface area (Å²) in [6.45, 7) is 7.51. The Morgan fingerprint density at radius 3 is 2.33 bits per heavy atom. The molecule has 0 aliphatic heterocycles. The minimum atomic E-state index is -0.507. The van der Waals surface area contributed by atoms with Crippen molar-refractivity contribution in [3.63, 3.8) is 0 Å². The van der Waals surface area contributed by atoms with E-state index in [1.165, 1.54) is 5.56 Å². The van der Waals surface area contributed by atoms with Gasteiger partial charge in [-0.2, -0.15) is 0 Å². The molecule has 1 rings (SSSR count). The summed E-state index contributed by atoms with van der Waals surface area (Å²) in [4.78, 5) is 11.1. The molecule has 0 aliphatic rings. The van der Waals surface area contributed by atoms with Crippen molar-refractivity contribution in [2.24, 2.45) is 5.73 Å². The molecule has 0 aliphatic carbocycles. The molecule has 3 heteroatoms. The molecule has 0 fully saturated rings. The Hall–Kier alpha value is -1.77. The first kappa shape index (κ1) is 11.3. The molecular weight excluding hydrogens is 188 g/mol. The van der Waals surface area contributed by atoms with Gasteiger partial charge in [0.2, 0.25) is 5.91 Å². The van der Waals surface area contributed by atoms with E-state index in [2.05, 4.69) is 11.9 Å². The third-order valence-corrected chi connectivity index (χ3v) is 2.14. The Bertz CT molecular complexity index is 354. The van der Waals surface area contributed by atoms with Gasteiger partial charge in [0.05, 0.1) is 0 Å². The standard InChI is InChI=1S/C12H16N2O/c1-8(2)11(12(13)15)14-10-6-4-9(3)5-7-10/h4-7,11,14H,1H2,2-3H3,(H2,13,15). The Balaban J connectivity index is 2.79. The van der Waals surface area contributed by atoms with E-state index in [9.17, 15) is 4.79 Å². The van der Waals surface area contributed by atoms with Crippen molar-refractivity contribution in [3.05, 3.63) is 42.0 Å². The summed E-state index contributed by atoms with van der Waals surface area (Å²) in [5.41, 5.74) is 8.00. The molecule has 0 saturated heterocycles. The number of benzene rings is 1. The minimum Gasteiger partial charge on any atom is -0.370 e. The number of aryl methyl sites for hydroxylation is 1. The quantitative estimate of drug-likeness (QED) is 0.735. The van der Waals surface area contributed by atoms with Crippen molar-refractivity contribution in [2.45, 2.75) is 19.9 Å². The Morgan fingerprint density at radius 1 is 1.40 bits per heavy atom. The number of hydrogen-bond donors (Lipinski definition) is 2. The molecule has 3 N–H and O–H groups in total. The van der Waals surface area contributed by atoms with Crippen LogP contribution in [0.3, 0.4) is 0 Å². The highest BCUT2D eigenvalue weighted by Gasteiger charge is 2.14. The van der Waals surface area contributed by atoms with Crippen molar-refractivity contribution in [1.29, 1.82) is 0 Å². The Labute approximate surface area is 90.0 Å². The smallest absolute Gasteiger partial charge is 0.244 e. The highest BCUT2D eigenvalue weighted by Crippen LogP contribution is 2.12. The van der Waals surface area contributed by atoms with Gasteiger partial charge in [-0.3, -0.25) is 4.79 Å². The summed E-state index contributed by atoms with van der Waals surface area (Å²) in [6, 6.07) is 7.26. The van der Waals surface area contributed by atoms with Crippen LogP contribution in [0.1, 0.15) is 12.5 Å². The van der Waals surface area contributed by atoms with Gasteiger partial charge in [-0.05, 0) is 31.6 Å². The lowest BCUT2D eigenvalue weighted by atomic mass is 10.1. The zero-order valence-electron chi connectivity index (χ0n) is 9.08. The third kappa shape index (κ3) is 3.13. The number of primary amides is 1. The van der Waals surface area contributed by atoms with Crippen LogP contribution in [-0.2, 0) is 4.79 Å². The van der Waals surface area contributed by atoms with Gasteiger partial charge in [-0.1, -0.05) is 24.3 Å². The molecule has 1 aromatic carbocycles. The first-order chi connectivity index (χ1) is 7.00. The fourth-order valence-corrected chi connectivity index (χ4v) is 1.25. The van der Waals surface area contributed by atoms with Crippen molar-refractivity contribution < 1.29 is 4.79 Å². The van der Waals surface area contributed by atoms with E-state index in [-0.39, 0.29) is 0 Å². The van der Waals surface area contributed by atoms with E-state index in [0.29, 0.717) is 5.57 Å². The van der Waals surface area contributed by atoms with Gasteiger partial charge in [-0.25, -0.2) is 0 Å². The maximum absolute atomic E-state index is 11.1. The van der Waals surface area contributed by atoms with Crippen LogP contribution in [0, 0.1) is 6.92 Å². The molecule has 80 valence electrons. The molecule has 0 spiro atoms. The van der Waals surface area contributed by atoms with Crippen LogP contribution < -0.4 is 11.1 Å². The summed E-state index contributed by atoms with van der Waals surface area (Å²) in [5, 5.41) is 3.03. The molecule has 1 aromatic rings. The molecule has 0 radical (unpaired) electrons. The largest absolute Gasteiger partial charge is 0.370 e. The zero-order valence-corrected chi connectivity index (χ0v) is 9.08. The second-order valence-electron chi connectivity index (χ2n) is 3.69. The lowest BCUT2D eigenvalue weighted by Gasteiger charge is -2.16. The van der Waals surface area contributed by atoms with Gasteiger partial charge in [-0.15, -0.1) is 0 Å². The van der Waals surface area contributed by atoms with Crippen molar-refractivity contribution in [2.75, 3.05) is 5.32 Å². The summed E-state index contributed by atoms with van der Waals surface area (Å²) in [5.74, 6) is -0.414. The molecule has 0 heterocycles. The molecule has 1 atom stereocenters. The average molecular weight is 204 g/mol. The van der Waals surface area contributed by atoms with E-state index in [4.69, 9.17) is 5.73 Å². The molecule has 0 saturated carbocycles. The van der Waals surface area contributed by atoms with Crippen molar-refractivity contribution in [3.8, 4) is 0 Å². The van der Waals surface area contributed by atoms with Gasteiger partial charge in [0, 0.05) is 5.69 Å². The van der Waals surface area contributed by atoms with Crippen LogP contribution in [0.4, 0.5) is 5.69 Å². The SMILES string of the molecule is C=C(C)C(Nc1ccc(C)cc1)C(N)=O. The molecule has 1 amide bonds. The molecular formula is C12H16N2O. The third-order valence-electron chi connectivity index (χ3n) is 2.14. The van der Waals surface area contributed by atoms with Crippen molar-refractivity contribution in [1.82, 2.24) is 0 Å². The Morgan fingerprint density at radius 2 is 1.93 bits per heavy atom. The summed E-state index contributed by atoms with van der Waals surface area (Å²) in [7, 11) is 0. The van der Waals surface area contributed by atoms with E-state index >= 15 is 0 Å². The number of anilines is 1. The summed E-state index contributed by atoms with van der Waals surface area (Å²) >= 11 is 0. The number of rotatable bonds is 4. The van der Waals surface area contributed by atoms with Crippen LogP contribution >= 0.6 is 0 Å². The highest BCUT2D eigenvalue weighted by atomic mass is 16.1. The Kier molecular flexibility index (Phi) is 3.50. The zero-order chi connectivity index (χ0) is 11.4. The summed E-state index contributed by atoms with van der Waals surface area (Å²) in [6.07, 6.45) is 0. The fraction of sp³-hybridized carbons (Fsp3) is 0.250. The van der Waals surface area contributed by atoms with Gasteiger partial charge < -0.3 is 11.1 Å². The maximum Gasteiger partial charge on any atom is 0.244 e. The second-order valence-corrected chi connectivity index (χ2v) is 3.69. The van der Waals surface area contributed by atoms with Gasteiger partial charge in [0.15, 0.2) is 0 Å². The lowest BCUT2D eigenvalue weighted by molar-refractivity contribution is -0.118. The topological polar surface area (TPSA) is 55.1 Å². The van der Waals surface area contributed by atoms with Crippen molar-refractivity contribution >= 4 is 11.6 Å². The second kappa shape index (κ2) is 4.64. The predicted molar refractivity (Wildman–Crippen MR) is 62.6 cm³/mol. The first-order valence-electron chi connectivity index (χ1n) is 4.78. The van der Waals surface area contributed by atoms with E-state index < -0.39 is 11.9 Å². The van der Waals surface area contributed by atoms with Crippen LogP contribution in [0.2, 0.25) is 0 Å². The van der Waals surface area contributed by atoms with Gasteiger partial charge >= 0.3 is 0 Å². The number of amides is 1. The van der Waals surface area contributed by atoms with Gasteiger partial charge in [0.25, 0.3) is 0 Å². The molecule has 1 unspecified atom stereocenters. The van der Waals surface area contributed by atoms with E-state index in [0.717, 1.165) is 5.69 Å². The molecule has 3 nitrogen and oxygen atoms in total. The number of carbonyl (C=O) groups excluding carboxylic acids is 1. The molecule has 0 bridgehead atoms. The van der Waals surface area contributed by atoms with Crippen LogP contribution in [0.15, 0.2) is 36.4 Å². The first-order valence-corrected chi connectivity index (χ1v) is 4.78. The van der Waals surface area contributed by atoms with E-state index in [1.54, 1.807) is 6.92 Å². The minimum absolute atomic E-state index is 0.414.